The van der Waals surface area contributed by atoms with Crippen molar-refractivity contribution in [3.63, 3.8) is 0 Å². The maximum absolute atomic E-state index is 13.5. The average Bonchev–Trinajstić information content (AvgIpc) is 3.51. The van der Waals surface area contributed by atoms with Crippen molar-refractivity contribution >= 4 is 52.2 Å². The summed E-state index contributed by atoms with van der Waals surface area (Å²) in [4.78, 5) is 20.3. The number of benzene rings is 3. The fourth-order valence-electron chi connectivity index (χ4n) is 6.66. The van der Waals surface area contributed by atoms with E-state index in [1.807, 2.05) is 43.4 Å². The van der Waals surface area contributed by atoms with Crippen LogP contribution in [-0.4, -0.2) is 54.1 Å². The van der Waals surface area contributed by atoms with Crippen LogP contribution in [0.4, 0.5) is 16.2 Å². The van der Waals surface area contributed by atoms with Crippen LogP contribution in [0.1, 0.15) is 37.0 Å². The monoisotopic (exact) mass is 597 g/mol. The number of halogens is 3. The van der Waals surface area contributed by atoms with Crippen molar-refractivity contribution in [1.29, 1.82) is 0 Å². The first-order chi connectivity index (χ1) is 19.2. The predicted molar refractivity (Wildman–Crippen MR) is 165 cm³/mol. The molecule has 3 aromatic carbocycles. The molecule has 2 unspecified atom stereocenters. The third-order valence-electron chi connectivity index (χ3n) is 8.44. The summed E-state index contributed by atoms with van der Waals surface area (Å²) in [5, 5.41) is 7.69. The molecule has 2 saturated heterocycles. The van der Waals surface area contributed by atoms with E-state index >= 15 is 0 Å². The number of nitrogens with zero attached hydrogens (tertiary/aromatic N) is 3. The molecule has 0 aromatic heterocycles. The van der Waals surface area contributed by atoms with Gasteiger partial charge in [-0.2, -0.15) is 0 Å². The number of carbonyl (C=O) groups excluding carboxylic acids is 1. The largest absolute Gasteiger partial charge is 0.333 e. The van der Waals surface area contributed by atoms with E-state index in [-0.39, 0.29) is 6.03 Å². The fraction of sp³-hybridized carbons (Fsp3) is 0.387. The zero-order valence-electron chi connectivity index (χ0n) is 23.0. The van der Waals surface area contributed by atoms with Crippen molar-refractivity contribution in [1.82, 2.24) is 20.4 Å². The number of hydrogen-bond acceptors (Lipinski definition) is 4. The molecular formula is C31H34Cl3N5O. The molecule has 6 rings (SSSR count). The van der Waals surface area contributed by atoms with Gasteiger partial charge in [0.25, 0.3) is 0 Å². The van der Waals surface area contributed by atoms with Gasteiger partial charge >= 0.3 is 6.03 Å². The summed E-state index contributed by atoms with van der Waals surface area (Å²) in [7, 11) is 1.87. The van der Waals surface area contributed by atoms with Gasteiger partial charge in [-0.3, -0.25) is 14.7 Å². The number of fused-ring (bicyclic) bond motifs is 3. The second kappa shape index (κ2) is 11.2. The van der Waals surface area contributed by atoms with Crippen LogP contribution in [0, 0.1) is 0 Å². The maximum atomic E-state index is 13.5. The summed E-state index contributed by atoms with van der Waals surface area (Å²) in [6.45, 7) is 8.53. The first-order valence-corrected chi connectivity index (χ1v) is 15.0. The molecule has 3 heterocycles. The van der Waals surface area contributed by atoms with E-state index in [1.54, 1.807) is 4.90 Å². The fourth-order valence-corrected chi connectivity index (χ4v) is 7.60. The molecule has 2 fully saturated rings. The molecule has 2 bridgehead atoms. The Kier molecular flexibility index (Phi) is 7.77. The molecule has 0 aliphatic carbocycles. The number of anilines is 2. The standard InChI is InChI=1S/C31H34Cl3N5O/c1-18(2)38-17-21-12-22(38)16-37(21)15-20-8-24(23-6-4-5-7-26(23)32)25-14-36-31(40)39(29(25)11-20)30-27(33)9-19(13-35-3)10-28(30)34/h4-11,18,21-22,35H,12-17H2,1-3H3,(H,36,40). The Balaban J connectivity index is 1.45. The first-order valence-electron chi connectivity index (χ1n) is 13.9. The van der Waals surface area contributed by atoms with Crippen LogP contribution in [0.2, 0.25) is 15.1 Å². The van der Waals surface area contributed by atoms with Crippen molar-refractivity contribution in [2.45, 2.75) is 58.0 Å². The lowest BCUT2D eigenvalue weighted by atomic mass is 9.93. The van der Waals surface area contributed by atoms with Crippen molar-refractivity contribution in [3.05, 3.63) is 80.3 Å². The Morgan fingerprint density at radius 2 is 1.70 bits per heavy atom. The summed E-state index contributed by atoms with van der Waals surface area (Å²) in [5.41, 5.74) is 6.28. The number of amides is 2. The van der Waals surface area contributed by atoms with Gasteiger partial charge in [0.05, 0.1) is 21.4 Å². The molecule has 3 aliphatic rings. The van der Waals surface area contributed by atoms with Crippen molar-refractivity contribution in [2.75, 3.05) is 25.0 Å². The van der Waals surface area contributed by atoms with E-state index in [1.165, 1.54) is 6.42 Å². The predicted octanol–water partition coefficient (Wildman–Crippen LogP) is 7.06. The summed E-state index contributed by atoms with van der Waals surface area (Å²) < 4.78 is 0. The first kappa shape index (κ1) is 27.8. The normalized spacial score (nSPS) is 20.9. The number of likely N-dealkylation sites (tertiary alicyclic amines) is 2. The quantitative estimate of drug-likeness (QED) is 0.306. The van der Waals surface area contributed by atoms with Gasteiger partial charge in [0.2, 0.25) is 0 Å². The van der Waals surface area contributed by atoms with Crippen LogP contribution in [0.25, 0.3) is 11.1 Å². The average molecular weight is 599 g/mol. The number of nitrogens with one attached hydrogen (secondary N) is 2. The van der Waals surface area contributed by atoms with E-state index in [0.717, 1.165) is 53.1 Å². The van der Waals surface area contributed by atoms with Gasteiger partial charge in [-0.25, -0.2) is 4.79 Å². The molecule has 0 spiro atoms. The molecule has 3 aromatic rings. The third-order valence-corrected chi connectivity index (χ3v) is 9.34. The minimum Gasteiger partial charge on any atom is -0.333 e. The highest BCUT2D eigenvalue weighted by molar-refractivity contribution is 6.40. The van der Waals surface area contributed by atoms with Crippen molar-refractivity contribution in [3.8, 4) is 11.1 Å². The highest BCUT2D eigenvalue weighted by atomic mass is 35.5. The lowest BCUT2D eigenvalue weighted by Crippen LogP contribution is -2.48. The minimum atomic E-state index is -0.257. The molecule has 0 radical (unpaired) electrons. The second-order valence-corrected chi connectivity index (χ2v) is 12.5. The summed E-state index contributed by atoms with van der Waals surface area (Å²) in [6.07, 6.45) is 1.21. The molecule has 2 amide bonds. The van der Waals surface area contributed by atoms with Crippen LogP contribution in [0.5, 0.6) is 0 Å². The van der Waals surface area contributed by atoms with E-state index in [2.05, 4.69) is 46.4 Å². The number of piperazine rings is 1. The van der Waals surface area contributed by atoms with E-state index in [0.29, 0.717) is 52.0 Å². The molecule has 0 saturated carbocycles. The molecular weight excluding hydrogens is 565 g/mol. The van der Waals surface area contributed by atoms with Crippen molar-refractivity contribution in [2.24, 2.45) is 0 Å². The molecule has 2 N–H and O–H groups in total. The molecule has 2 atom stereocenters. The maximum Gasteiger partial charge on any atom is 0.326 e. The molecule has 9 heteroatoms. The van der Waals surface area contributed by atoms with E-state index in [4.69, 9.17) is 34.8 Å². The second-order valence-electron chi connectivity index (χ2n) is 11.3. The van der Waals surface area contributed by atoms with Gasteiger partial charge < -0.3 is 10.6 Å². The Morgan fingerprint density at radius 3 is 2.35 bits per heavy atom. The highest BCUT2D eigenvalue weighted by Gasteiger charge is 2.44. The Bertz CT molecular complexity index is 1440. The third kappa shape index (κ3) is 5.00. The number of carbonyl (C=O) groups is 1. The van der Waals surface area contributed by atoms with Gasteiger partial charge in [-0.05, 0) is 74.3 Å². The topological polar surface area (TPSA) is 50.9 Å². The van der Waals surface area contributed by atoms with Gasteiger partial charge in [-0.1, -0.05) is 53.0 Å². The van der Waals surface area contributed by atoms with Gasteiger partial charge in [0.1, 0.15) is 0 Å². The SMILES string of the molecule is CNCc1cc(Cl)c(N2C(=O)NCc3c(-c4ccccc4Cl)cc(CN4CC5CC4CN5C(C)C)cc32)c(Cl)c1. The smallest absolute Gasteiger partial charge is 0.326 e. The molecule has 210 valence electrons. The van der Waals surface area contributed by atoms with Crippen LogP contribution in [-0.2, 0) is 19.6 Å². The lowest BCUT2D eigenvalue weighted by Gasteiger charge is -2.37. The van der Waals surface area contributed by atoms with Crippen LogP contribution in [0.3, 0.4) is 0 Å². The van der Waals surface area contributed by atoms with Gasteiger partial charge in [0.15, 0.2) is 0 Å². The minimum absolute atomic E-state index is 0.257. The van der Waals surface area contributed by atoms with E-state index < -0.39 is 0 Å². The van der Waals surface area contributed by atoms with E-state index in [9.17, 15) is 4.79 Å². The van der Waals surface area contributed by atoms with Gasteiger partial charge in [-0.15, -0.1) is 0 Å². The van der Waals surface area contributed by atoms with Crippen molar-refractivity contribution < 1.29 is 4.79 Å². The number of rotatable bonds is 7. The number of urea groups is 1. The zero-order valence-corrected chi connectivity index (χ0v) is 25.2. The Labute approximate surface area is 251 Å². The summed E-state index contributed by atoms with van der Waals surface area (Å²) >= 11 is 20.4. The lowest BCUT2D eigenvalue weighted by molar-refractivity contribution is 0.0999. The molecule has 40 heavy (non-hydrogen) atoms. The van der Waals surface area contributed by atoms with Crippen LogP contribution < -0.4 is 15.5 Å². The van der Waals surface area contributed by atoms with Gasteiger partial charge in [0, 0.05) is 67.0 Å². The number of hydrogen-bond donors (Lipinski definition) is 2. The highest BCUT2D eigenvalue weighted by Crippen LogP contribution is 2.45. The molecule has 3 aliphatic heterocycles. The summed E-state index contributed by atoms with van der Waals surface area (Å²) in [5.74, 6) is 0. The zero-order chi connectivity index (χ0) is 28.1. The Morgan fingerprint density at radius 1 is 0.950 bits per heavy atom. The molecule has 6 nitrogen and oxygen atoms in total. The van der Waals surface area contributed by atoms with Crippen LogP contribution in [0.15, 0.2) is 48.5 Å². The summed E-state index contributed by atoms with van der Waals surface area (Å²) in [6, 6.07) is 17.4. The Hall–Kier alpha value is -2.32. The van der Waals surface area contributed by atoms with Crippen LogP contribution >= 0.6 is 34.8 Å².